The molecule has 8 nitrogen and oxygen atoms in total. The second-order valence-corrected chi connectivity index (χ2v) is 8.54. The summed E-state index contributed by atoms with van der Waals surface area (Å²) in [6, 6.07) is 0.593. The van der Waals surface area contributed by atoms with Crippen molar-refractivity contribution in [3.63, 3.8) is 0 Å². The summed E-state index contributed by atoms with van der Waals surface area (Å²) in [5.74, 6) is 0.748. The molecule has 0 spiro atoms. The van der Waals surface area contributed by atoms with Crippen LogP contribution in [0.3, 0.4) is 0 Å². The van der Waals surface area contributed by atoms with Gasteiger partial charge in [0.2, 0.25) is 5.91 Å². The Kier molecular flexibility index (Phi) is 5.02. The first-order valence-corrected chi connectivity index (χ1v) is 10.8. The number of benzene rings is 1. The number of anilines is 1. The maximum Gasteiger partial charge on any atom is 0.416 e. The lowest BCUT2D eigenvalue weighted by molar-refractivity contribution is -0.121. The predicted molar refractivity (Wildman–Crippen MR) is 111 cm³/mol. The van der Waals surface area contributed by atoms with E-state index < -0.39 is 18.6 Å². The number of hydrogen-bond donors (Lipinski definition) is 1. The first-order chi connectivity index (χ1) is 15.3. The van der Waals surface area contributed by atoms with Gasteiger partial charge in [-0.25, -0.2) is 23.5 Å². The number of imidazole rings is 1. The Hall–Kier alpha value is -3.17. The van der Waals surface area contributed by atoms with Crippen molar-refractivity contribution in [3.8, 4) is 17.1 Å². The molecule has 10 heteroatoms. The molecule has 170 valence electrons. The number of carbonyl (C=O) groups excluding carboxylic acids is 2. The van der Waals surface area contributed by atoms with Gasteiger partial charge in [0, 0.05) is 12.1 Å². The molecule has 3 aliphatic rings. The van der Waals surface area contributed by atoms with Gasteiger partial charge < -0.3 is 19.8 Å². The highest BCUT2D eigenvalue weighted by atomic mass is 19.3. The standard InChI is InChI=1S/C22H24F2N4O4/c1-11(20(25)29)7-12-8-16-18(14-4-2-3-13(12)14)21-26-17(9-27(21)5-6-31-16)28-15(19(23)24)10-32-22(28)30/h8-9,11,15,19H,2-7,10H2,1H3,(H2,25,29)/t11-,15+/m1/s1. The molecular formula is C22H24F2N4O4. The van der Waals surface area contributed by atoms with Crippen LogP contribution in [0.1, 0.15) is 30.0 Å². The molecule has 2 N–H and O–H groups in total. The van der Waals surface area contributed by atoms with Crippen LogP contribution >= 0.6 is 0 Å². The fraction of sp³-hybridized carbons (Fsp3) is 0.500. The predicted octanol–water partition coefficient (Wildman–Crippen LogP) is 2.69. The number of rotatable bonds is 5. The lowest BCUT2D eigenvalue weighted by atomic mass is 9.91. The highest BCUT2D eigenvalue weighted by Gasteiger charge is 2.42. The minimum atomic E-state index is -2.74. The van der Waals surface area contributed by atoms with E-state index in [0.717, 1.165) is 40.9 Å². The van der Waals surface area contributed by atoms with Gasteiger partial charge in [0.25, 0.3) is 6.43 Å². The lowest BCUT2D eigenvalue weighted by Crippen LogP contribution is -2.38. The molecule has 2 atom stereocenters. The summed E-state index contributed by atoms with van der Waals surface area (Å²) >= 11 is 0. The van der Waals surface area contributed by atoms with E-state index in [4.69, 9.17) is 15.2 Å². The molecule has 1 aromatic heterocycles. The van der Waals surface area contributed by atoms with Gasteiger partial charge in [-0.05, 0) is 48.4 Å². The van der Waals surface area contributed by atoms with E-state index in [2.05, 4.69) is 4.98 Å². The van der Waals surface area contributed by atoms with E-state index in [1.54, 1.807) is 6.20 Å². The summed E-state index contributed by atoms with van der Waals surface area (Å²) in [6.45, 7) is 2.27. The summed E-state index contributed by atoms with van der Waals surface area (Å²) in [6.07, 6.45) is 1.25. The maximum atomic E-state index is 13.5. The van der Waals surface area contributed by atoms with Crippen molar-refractivity contribution >= 4 is 17.8 Å². The van der Waals surface area contributed by atoms with Crippen molar-refractivity contribution in [1.29, 1.82) is 0 Å². The van der Waals surface area contributed by atoms with Crippen molar-refractivity contribution in [2.45, 2.75) is 51.6 Å². The summed E-state index contributed by atoms with van der Waals surface area (Å²) in [4.78, 5) is 29.3. The van der Waals surface area contributed by atoms with E-state index in [9.17, 15) is 18.4 Å². The summed E-state index contributed by atoms with van der Waals surface area (Å²) in [5.41, 5.74) is 9.63. The third kappa shape index (κ3) is 3.28. The number of cyclic esters (lactones) is 1. The van der Waals surface area contributed by atoms with E-state index in [1.165, 1.54) is 5.56 Å². The Morgan fingerprint density at radius 1 is 1.31 bits per heavy atom. The quantitative estimate of drug-likeness (QED) is 0.761. The molecule has 1 aromatic carbocycles. The molecule has 0 bridgehead atoms. The van der Waals surface area contributed by atoms with Crippen molar-refractivity contribution in [1.82, 2.24) is 9.55 Å². The Morgan fingerprint density at radius 3 is 2.84 bits per heavy atom. The van der Waals surface area contributed by atoms with Crippen LogP contribution in [-0.4, -0.2) is 47.2 Å². The molecule has 32 heavy (non-hydrogen) atoms. The van der Waals surface area contributed by atoms with Gasteiger partial charge in [-0.3, -0.25) is 4.79 Å². The van der Waals surface area contributed by atoms with Gasteiger partial charge in [0.05, 0.1) is 12.1 Å². The van der Waals surface area contributed by atoms with Crippen molar-refractivity contribution in [2.24, 2.45) is 11.7 Å². The molecule has 1 saturated heterocycles. The zero-order valence-electron chi connectivity index (χ0n) is 17.6. The molecule has 3 heterocycles. The van der Waals surface area contributed by atoms with Crippen LogP contribution in [0.2, 0.25) is 0 Å². The molecule has 1 aliphatic carbocycles. The van der Waals surface area contributed by atoms with E-state index >= 15 is 0 Å². The number of ether oxygens (including phenoxy) is 2. The molecule has 0 saturated carbocycles. The topological polar surface area (TPSA) is 99.7 Å². The van der Waals surface area contributed by atoms with Gasteiger partial charge in [-0.2, -0.15) is 0 Å². The average molecular weight is 446 g/mol. The van der Waals surface area contributed by atoms with Crippen molar-refractivity contribution in [2.75, 3.05) is 18.1 Å². The first kappa shape index (κ1) is 20.7. The summed E-state index contributed by atoms with van der Waals surface area (Å²) in [7, 11) is 0. The summed E-state index contributed by atoms with van der Waals surface area (Å²) < 4.78 is 39.7. The smallest absolute Gasteiger partial charge is 0.416 e. The van der Waals surface area contributed by atoms with E-state index in [-0.39, 0.29) is 24.2 Å². The minimum Gasteiger partial charge on any atom is -0.491 e. The second-order valence-electron chi connectivity index (χ2n) is 8.54. The van der Waals surface area contributed by atoms with Gasteiger partial charge in [-0.15, -0.1) is 0 Å². The van der Waals surface area contributed by atoms with Crippen molar-refractivity contribution in [3.05, 3.63) is 29.0 Å². The number of nitrogens with two attached hydrogens (primary N) is 1. The second kappa shape index (κ2) is 7.75. The molecule has 2 aliphatic heterocycles. The molecule has 5 rings (SSSR count). The fourth-order valence-corrected chi connectivity index (χ4v) is 4.84. The molecule has 1 fully saturated rings. The lowest BCUT2D eigenvalue weighted by Gasteiger charge is -2.19. The first-order valence-electron chi connectivity index (χ1n) is 10.8. The fourth-order valence-electron chi connectivity index (χ4n) is 4.84. The highest BCUT2D eigenvalue weighted by Crippen LogP contribution is 2.44. The van der Waals surface area contributed by atoms with Crippen LogP contribution in [0, 0.1) is 5.92 Å². The third-order valence-electron chi connectivity index (χ3n) is 6.49. The van der Waals surface area contributed by atoms with Gasteiger partial charge in [-0.1, -0.05) is 6.92 Å². The van der Waals surface area contributed by atoms with E-state index in [0.29, 0.717) is 31.1 Å². The van der Waals surface area contributed by atoms with Gasteiger partial charge in [0.15, 0.2) is 5.82 Å². The van der Waals surface area contributed by atoms with E-state index in [1.807, 2.05) is 17.6 Å². The number of primary amides is 1. The van der Waals surface area contributed by atoms with Crippen LogP contribution in [-0.2, 0) is 35.3 Å². The number of hydrogen-bond acceptors (Lipinski definition) is 5. The summed E-state index contributed by atoms with van der Waals surface area (Å²) in [5, 5.41) is 0. The Morgan fingerprint density at radius 2 is 2.09 bits per heavy atom. The van der Waals surface area contributed by atoms with Gasteiger partial charge in [0.1, 0.15) is 30.8 Å². The van der Waals surface area contributed by atoms with Crippen molar-refractivity contribution < 1.29 is 27.8 Å². The zero-order chi connectivity index (χ0) is 22.6. The molecule has 2 amide bonds. The highest BCUT2D eigenvalue weighted by molar-refractivity contribution is 5.90. The maximum absolute atomic E-state index is 13.5. The molecule has 0 radical (unpaired) electrons. The number of aromatic nitrogens is 2. The average Bonchev–Trinajstić information content (AvgIpc) is 3.45. The minimum absolute atomic E-state index is 0.152. The monoisotopic (exact) mass is 446 g/mol. The Balaban J connectivity index is 1.61. The largest absolute Gasteiger partial charge is 0.491 e. The number of alkyl halides is 2. The normalized spacial score (nSPS) is 20.3. The number of nitrogens with zero attached hydrogens (tertiary/aromatic N) is 3. The number of amides is 2. The molecular weight excluding hydrogens is 422 g/mol. The number of fused-ring (bicyclic) bond motifs is 5. The molecule has 2 aromatic rings. The van der Waals surface area contributed by atoms with Crippen LogP contribution in [0.15, 0.2) is 12.3 Å². The number of halogens is 2. The number of carbonyl (C=O) groups is 2. The zero-order valence-corrected chi connectivity index (χ0v) is 17.6. The van der Waals surface area contributed by atoms with Crippen LogP contribution in [0.5, 0.6) is 5.75 Å². The Bertz CT molecular complexity index is 1100. The van der Waals surface area contributed by atoms with Crippen LogP contribution < -0.4 is 15.4 Å². The Labute approximate surface area is 183 Å². The van der Waals surface area contributed by atoms with Crippen LogP contribution in [0.4, 0.5) is 19.4 Å². The van der Waals surface area contributed by atoms with Gasteiger partial charge >= 0.3 is 6.09 Å². The third-order valence-corrected chi connectivity index (χ3v) is 6.49. The SMILES string of the molecule is C[C@H](Cc1cc2c(c3c1CCC3)-c1nc(N3C(=O)OC[C@H]3C(F)F)cn1CCO2)C(N)=O. The molecule has 0 unspecified atom stereocenters. The van der Waals surface area contributed by atoms with Crippen LogP contribution in [0.25, 0.3) is 11.4 Å².